The normalized spacial score (nSPS) is 16.1. The topological polar surface area (TPSA) is 56.7 Å². The molecule has 1 fully saturated rings. The van der Waals surface area contributed by atoms with Gasteiger partial charge in [-0.05, 0) is 37.0 Å². The molecule has 4 nitrogen and oxygen atoms in total. The first-order valence-corrected chi connectivity index (χ1v) is 9.18. The van der Waals surface area contributed by atoms with Gasteiger partial charge in [0.2, 0.25) is 5.16 Å². The number of nitrogen functional groups attached to an aromatic ring is 1. The van der Waals surface area contributed by atoms with Crippen LogP contribution in [0.2, 0.25) is 10.0 Å². The average molecular weight is 357 g/mol. The number of hydrogen-bond donors (Lipinski definition) is 1. The number of benzene rings is 1. The summed E-state index contributed by atoms with van der Waals surface area (Å²) in [6.45, 7) is 0. The van der Waals surface area contributed by atoms with Crippen LogP contribution in [0, 0.1) is 5.92 Å². The van der Waals surface area contributed by atoms with Crippen LogP contribution in [0.15, 0.2) is 23.4 Å². The number of aromatic nitrogens is 3. The number of halogens is 2. The van der Waals surface area contributed by atoms with Crippen LogP contribution in [0.25, 0.3) is 11.4 Å². The third-order valence-electron chi connectivity index (χ3n) is 4.01. The lowest BCUT2D eigenvalue weighted by Gasteiger charge is -2.20. The molecule has 2 N–H and O–H groups in total. The highest BCUT2D eigenvalue weighted by Gasteiger charge is 2.18. The smallest absolute Gasteiger partial charge is 0.210 e. The molecular weight excluding hydrogens is 339 g/mol. The van der Waals surface area contributed by atoms with Crippen LogP contribution in [0.3, 0.4) is 0 Å². The van der Waals surface area contributed by atoms with Gasteiger partial charge in [-0.25, -0.2) is 4.68 Å². The third-order valence-corrected chi connectivity index (χ3v) is 5.73. The predicted octanol–water partition coefficient (Wildman–Crippen LogP) is 4.64. The molecule has 0 aliphatic heterocycles. The second-order valence-corrected chi connectivity index (χ2v) is 7.45. The monoisotopic (exact) mass is 356 g/mol. The molecule has 22 heavy (non-hydrogen) atoms. The van der Waals surface area contributed by atoms with Crippen molar-refractivity contribution in [2.75, 3.05) is 11.6 Å². The van der Waals surface area contributed by atoms with E-state index in [1.165, 1.54) is 36.8 Å². The minimum Gasteiger partial charge on any atom is -0.335 e. The van der Waals surface area contributed by atoms with Crippen LogP contribution >= 0.6 is 35.0 Å². The van der Waals surface area contributed by atoms with Crippen molar-refractivity contribution >= 4 is 35.0 Å². The van der Waals surface area contributed by atoms with Crippen molar-refractivity contribution in [1.82, 2.24) is 14.9 Å². The van der Waals surface area contributed by atoms with Gasteiger partial charge in [-0.15, -0.1) is 10.2 Å². The molecule has 2 aromatic rings. The Bertz CT molecular complexity index is 653. The van der Waals surface area contributed by atoms with Gasteiger partial charge in [-0.1, -0.05) is 54.2 Å². The molecule has 0 bridgehead atoms. The maximum Gasteiger partial charge on any atom is 0.210 e. The van der Waals surface area contributed by atoms with Crippen LogP contribution in [-0.2, 0) is 0 Å². The van der Waals surface area contributed by atoms with Crippen LogP contribution in [0.4, 0.5) is 0 Å². The highest BCUT2D eigenvalue weighted by atomic mass is 35.5. The lowest BCUT2D eigenvalue weighted by molar-refractivity contribution is 0.390. The van der Waals surface area contributed by atoms with Gasteiger partial charge >= 0.3 is 0 Å². The number of nitrogens with two attached hydrogens (primary N) is 1. The van der Waals surface area contributed by atoms with Gasteiger partial charge in [0.05, 0.1) is 5.02 Å². The summed E-state index contributed by atoms with van der Waals surface area (Å²) in [5, 5.41) is 10.2. The van der Waals surface area contributed by atoms with E-state index in [-0.39, 0.29) is 0 Å². The Hall–Kier alpha value is -0.910. The van der Waals surface area contributed by atoms with Gasteiger partial charge in [0.15, 0.2) is 5.82 Å². The van der Waals surface area contributed by atoms with Gasteiger partial charge in [-0.3, -0.25) is 0 Å². The first-order valence-electron chi connectivity index (χ1n) is 7.44. The Morgan fingerprint density at radius 2 is 1.95 bits per heavy atom. The molecular formula is C15H18Cl2N4S. The lowest BCUT2D eigenvalue weighted by Crippen LogP contribution is -2.13. The SMILES string of the molecule is Nn1c(SCC2CCCCC2)nnc1-c1ccc(Cl)cc1Cl. The minimum atomic E-state index is 0.524. The number of nitrogens with zero attached hydrogens (tertiary/aromatic N) is 3. The predicted molar refractivity (Wildman–Crippen MR) is 92.9 cm³/mol. The Labute approximate surface area is 144 Å². The highest BCUT2D eigenvalue weighted by Crippen LogP contribution is 2.32. The van der Waals surface area contributed by atoms with E-state index in [2.05, 4.69) is 10.2 Å². The fourth-order valence-corrected chi connectivity index (χ4v) is 4.31. The van der Waals surface area contributed by atoms with E-state index in [1.54, 1.807) is 23.9 Å². The average Bonchev–Trinajstić information content (AvgIpc) is 2.87. The summed E-state index contributed by atoms with van der Waals surface area (Å²) in [5.41, 5.74) is 0.741. The number of rotatable bonds is 4. The molecule has 0 atom stereocenters. The lowest BCUT2D eigenvalue weighted by atomic mass is 9.91. The van der Waals surface area contributed by atoms with Crippen molar-refractivity contribution in [2.24, 2.45) is 5.92 Å². The molecule has 0 unspecified atom stereocenters. The van der Waals surface area contributed by atoms with Crippen LogP contribution < -0.4 is 5.84 Å². The van der Waals surface area contributed by atoms with Crippen molar-refractivity contribution in [1.29, 1.82) is 0 Å². The van der Waals surface area contributed by atoms with Gasteiger partial charge < -0.3 is 5.84 Å². The summed E-state index contributed by atoms with van der Waals surface area (Å²) >= 11 is 13.8. The summed E-state index contributed by atoms with van der Waals surface area (Å²) in [6.07, 6.45) is 6.66. The summed E-state index contributed by atoms with van der Waals surface area (Å²) in [4.78, 5) is 0. The molecule has 1 aliphatic carbocycles. The van der Waals surface area contributed by atoms with Gasteiger partial charge in [0.25, 0.3) is 0 Å². The molecule has 0 radical (unpaired) electrons. The second kappa shape index (κ2) is 7.11. The largest absolute Gasteiger partial charge is 0.335 e. The summed E-state index contributed by atoms with van der Waals surface area (Å²) in [6, 6.07) is 5.27. The van der Waals surface area contributed by atoms with Gasteiger partial charge in [0, 0.05) is 16.3 Å². The first kappa shape index (κ1) is 16.0. The molecule has 0 saturated heterocycles. The Balaban J connectivity index is 1.73. The molecule has 1 aliphatic rings. The number of thioether (sulfide) groups is 1. The minimum absolute atomic E-state index is 0.524. The van der Waals surface area contributed by atoms with E-state index in [0.717, 1.165) is 22.4 Å². The summed E-state index contributed by atoms with van der Waals surface area (Å²) in [7, 11) is 0. The summed E-state index contributed by atoms with van der Waals surface area (Å²) < 4.78 is 1.52. The fraction of sp³-hybridized carbons (Fsp3) is 0.467. The molecule has 0 amide bonds. The Morgan fingerprint density at radius 1 is 1.18 bits per heavy atom. The van der Waals surface area contributed by atoms with E-state index in [4.69, 9.17) is 29.0 Å². The standard InChI is InChI=1S/C15H18Cl2N4S/c16-11-6-7-12(13(17)8-11)14-19-20-15(21(14)18)22-9-10-4-2-1-3-5-10/h6-8,10H,1-5,9,18H2. The first-order chi connectivity index (χ1) is 10.6. The van der Waals surface area contributed by atoms with E-state index in [0.29, 0.717) is 15.9 Å². The highest BCUT2D eigenvalue weighted by molar-refractivity contribution is 7.99. The van der Waals surface area contributed by atoms with E-state index in [9.17, 15) is 0 Å². The van der Waals surface area contributed by atoms with Crippen molar-refractivity contribution in [3.63, 3.8) is 0 Å². The third kappa shape index (κ3) is 3.53. The second-order valence-electron chi connectivity index (χ2n) is 5.62. The Morgan fingerprint density at radius 3 is 2.68 bits per heavy atom. The molecule has 1 aromatic carbocycles. The van der Waals surface area contributed by atoms with Crippen LogP contribution in [-0.4, -0.2) is 20.6 Å². The maximum absolute atomic E-state index is 6.22. The molecule has 1 saturated carbocycles. The van der Waals surface area contributed by atoms with Crippen LogP contribution in [0.5, 0.6) is 0 Å². The van der Waals surface area contributed by atoms with Crippen molar-refractivity contribution < 1.29 is 0 Å². The van der Waals surface area contributed by atoms with Crippen molar-refractivity contribution in [2.45, 2.75) is 37.3 Å². The molecule has 1 aromatic heterocycles. The van der Waals surface area contributed by atoms with E-state index >= 15 is 0 Å². The summed E-state index contributed by atoms with van der Waals surface area (Å²) in [5.74, 6) is 8.51. The molecule has 7 heteroatoms. The van der Waals surface area contributed by atoms with Gasteiger partial charge in [0.1, 0.15) is 0 Å². The zero-order valence-corrected chi connectivity index (χ0v) is 14.5. The van der Waals surface area contributed by atoms with Crippen LogP contribution in [0.1, 0.15) is 32.1 Å². The van der Waals surface area contributed by atoms with E-state index < -0.39 is 0 Å². The maximum atomic E-state index is 6.22. The molecule has 1 heterocycles. The zero-order valence-electron chi connectivity index (χ0n) is 12.1. The molecule has 3 rings (SSSR count). The van der Waals surface area contributed by atoms with Crippen molar-refractivity contribution in [3.8, 4) is 11.4 Å². The van der Waals surface area contributed by atoms with E-state index in [1.807, 2.05) is 6.07 Å². The van der Waals surface area contributed by atoms with Gasteiger partial charge in [-0.2, -0.15) is 0 Å². The molecule has 0 spiro atoms. The quantitative estimate of drug-likeness (QED) is 0.640. The zero-order chi connectivity index (χ0) is 15.5. The molecule has 118 valence electrons. The number of hydrogen-bond acceptors (Lipinski definition) is 4. The Kier molecular flexibility index (Phi) is 5.16. The van der Waals surface area contributed by atoms with Crippen molar-refractivity contribution in [3.05, 3.63) is 28.2 Å². The fourth-order valence-electron chi connectivity index (χ4n) is 2.78.